The monoisotopic (exact) mass is 320 g/mol. The van der Waals surface area contributed by atoms with E-state index in [4.69, 9.17) is 9.73 Å². The van der Waals surface area contributed by atoms with Crippen LogP contribution >= 0.6 is 0 Å². The quantitative estimate of drug-likeness (QED) is 0.895. The predicted molar refractivity (Wildman–Crippen MR) is 97.1 cm³/mol. The minimum absolute atomic E-state index is 0.0566. The van der Waals surface area contributed by atoms with Crippen molar-refractivity contribution in [1.82, 2.24) is 5.32 Å². The topological polar surface area (TPSA) is 33.6 Å². The number of nitrogens with one attached hydrogen (secondary N) is 1. The standard InChI is InChI=1S/C21H24N2O/c1-21(17-11-6-3-7-12-17)20(16-9-4-2-5-10-16)22-19(23-21)15-24-18-13-8-14-18/h2-7,9-12,18,20H,8,13-15H2,1H3,(H,22,23)/t20-,21+/m1/s1. The molecule has 0 saturated heterocycles. The summed E-state index contributed by atoms with van der Waals surface area (Å²) in [4.78, 5) is 5.00. The second-order valence-electron chi connectivity index (χ2n) is 6.95. The van der Waals surface area contributed by atoms with Crippen LogP contribution in [0.4, 0.5) is 0 Å². The van der Waals surface area contributed by atoms with Gasteiger partial charge in [0.1, 0.15) is 18.5 Å². The molecule has 0 amide bonds. The van der Waals surface area contributed by atoms with Gasteiger partial charge in [0.2, 0.25) is 0 Å². The molecule has 1 saturated carbocycles. The molecule has 4 rings (SSSR count). The van der Waals surface area contributed by atoms with E-state index < -0.39 is 0 Å². The van der Waals surface area contributed by atoms with Crippen molar-refractivity contribution >= 4 is 5.84 Å². The van der Waals surface area contributed by atoms with Gasteiger partial charge in [0, 0.05) is 0 Å². The van der Waals surface area contributed by atoms with Gasteiger partial charge in [0.15, 0.2) is 0 Å². The van der Waals surface area contributed by atoms with Gasteiger partial charge in [-0.05, 0) is 37.3 Å². The Morgan fingerprint density at radius 2 is 1.71 bits per heavy atom. The molecule has 2 atom stereocenters. The van der Waals surface area contributed by atoms with E-state index in [-0.39, 0.29) is 11.6 Å². The summed E-state index contributed by atoms with van der Waals surface area (Å²) < 4.78 is 5.98. The molecule has 3 heteroatoms. The molecule has 1 aliphatic carbocycles. The van der Waals surface area contributed by atoms with Gasteiger partial charge in [-0.2, -0.15) is 0 Å². The van der Waals surface area contributed by atoms with Gasteiger partial charge >= 0.3 is 0 Å². The van der Waals surface area contributed by atoms with Crippen molar-refractivity contribution in [3.05, 3.63) is 71.8 Å². The molecule has 124 valence electrons. The zero-order valence-corrected chi connectivity index (χ0v) is 14.1. The SMILES string of the molecule is C[C@@]1(c2ccccc2)NC(COC2CCC2)=N[C@@H]1c1ccccc1. The van der Waals surface area contributed by atoms with Gasteiger partial charge in [0.25, 0.3) is 0 Å². The smallest absolute Gasteiger partial charge is 0.124 e. The Kier molecular flexibility index (Phi) is 4.11. The number of benzene rings is 2. The average molecular weight is 320 g/mol. The first-order chi connectivity index (χ1) is 11.8. The van der Waals surface area contributed by atoms with Crippen LogP contribution in [0.3, 0.4) is 0 Å². The van der Waals surface area contributed by atoms with Crippen molar-refractivity contribution in [3.8, 4) is 0 Å². The Balaban J connectivity index is 1.62. The largest absolute Gasteiger partial charge is 0.370 e. The van der Waals surface area contributed by atoms with E-state index in [0.717, 1.165) is 5.84 Å². The highest BCUT2D eigenvalue weighted by Crippen LogP contribution is 2.41. The van der Waals surface area contributed by atoms with Gasteiger partial charge in [-0.15, -0.1) is 0 Å². The maximum atomic E-state index is 5.98. The van der Waals surface area contributed by atoms with Crippen molar-refractivity contribution in [3.63, 3.8) is 0 Å². The minimum Gasteiger partial charge on any atom is -0.370 e. The number of hydrogen-bond donors (Lipinski definition) is 1. The Morgan fingerprint density at radius 1 is 1.04 bits per heavy atom. The average Bonchev–Trinajstić information content (AvgIpc) is 2.93. The third-order valence-corrected chi connectivity index (χ3v) is 5.23. The molecule has 1 aliphatic heterocycles. The molecule has 1 heterocycles. The number of aliphatic imine (C=N–C) groups is 1. The molecule has 24 heavy (non-hydrogen) atoms. The lowest BCUT2D eigenvalue weighted by atomic mass is 9.82. The molecule has 2 aromatic rings. The number of amidine groups is 1. The molecule has 0 bridgehead atoms. The Bertz CT molecular complexity index is 709. The molecule has 0 spiro atoms. The van der Waals surface area contributed by atoms with E-state index in [9.17, 15) is 0 Å². The highest BCUT2D eigenvalue weighted by Gasteiger charge is 2.42. The maximum Gasteiger partial charge on any atom is 0.124 e. The minimum atomic E-state index is -0.249. The molecule has 0 aromatic heterocycles. The van der Waals surface area contributed by atoms with Crippen LogP contribution in [0.2, 0.25) is 0 Å². The zero-order valence-electron chi connectivity index (χ0n) is 14.1. The highest BCUT2D eigenvalue weighted by molar-refractivity contribution is 5.87. The normalized spacial score (nSPS) is 26.5. The zero-order chi connectivity index (χ0) is 16.4. The number of nitrogens with zero attached hydrogens (tertiary/aromatic N) is 1. The maximum absolute atomic E-state index is 5.98. The summed E-state index contributed by atoms with van der Waals surface area (Å²) in [5.41, 5.74) is 2.23. The lowest BCUT2D eigenvalue weighted by Crippen LogP contribution is -2.43. The first-order valence-corrected chi connectivity index (χ1v) is 8.82. The van der Waals surface area contributed by atoms with Crippen LogP contribution in [0.5, 0.6) is 0 Å². The summed E-state index contributed by atoms with van der Waals surface area (Å²) in [6.45, 7) is 2.82. The van der Waals surface area contributed by atoms with E-state index >= 15 is 0 Å². The Morgan fingerprint density at radius 3 is 2.33 bits per heavy atom. The van der Waals surface area contributed by atoms with Crippen molar-refractivity contribution in [1.29, 1.82) is 0 Å². The molecule has 2 aromatic carbocycles. The van der Waals surface area contributed by atoms with Crippen LogP contribution in [0.25, 0.3) is 0 Å². The van der Waals surface area contributed by atoms with Gasteiger partial charge in [0.05, 0.1) is 11.6 Å². The molecule has 1 fully saturated rings. The molecule has 1 N–H and O–H groups in total. The lowest BCUT2D eigenvalue weighted by Gasteiger charge is -2.32. The molecule has 3 nitrogen and oxygen atoms in total. The highest BCUT2D eigenvalue weighted by atomic mass is 16.5. The summed E-state index contributed by atoms with van der Waals surface area (Å²) >= 11 is 0. The second-order valence-corrected chi connectivity index (χ2v) is 6.95. The molecule has 0 unspecified atom stereocenters. The fraction of sp³-hybridized carbons (Fsp3) is 0.381. The third kappa shape index (κ3) is 2.84. The summed E-state index contributed by atoms with van der Waals surface area (Å²) in [7, 11) is 0. The van der Waals surface area contributed by atoms with Crippen LogP contribution in [0, 0.1) is 0 Å². The van der Waals surface area contributed by atoms with Crippen LogP contribution in [0.1, 0.15) is 43.4 Å². The van der Waals surface area contributed by atoms with E-state index in [1.807, 2.05) is 0 Å². The van der Waals surface area contributed by atoms with E-state index in [2.05, 4.69) is 72.9 Å². The van der Waals surface area contributed by atoms with E-state index in [1.54, 1.807) is 0 Å². The Labute approximate surface area is 143 Å². The summed E-state index contributed by atoms with van der Waals surface area (Å²) in [6, 6.07) is 21.2. The Hall–Kier alpha value is -2.13. The second kappa shape index (κ2) is 6.40. The first kappa shape index (κ1) is 15.4. The third-order valence-electron chi connectivity index (χ3n) is 5.23. The summed E-state index contributed by atoms with van der Waals surface area (Å²) in [6.07, 6.45) is 4.09. The van der Waals surface area contributed by atoms with Gasteiger partial charge in [-0.25, -0.2) is 0 Å². The van der Waals surface area contributed by atoms with Gasteiger partial charge in [-0.1, -0.05) is 60.7 Å². The van der Waals surface area contributed by atoms with Crippen molar-refractivity contribution in [2.24, 2.45) is 4.99 Å². The molecule has 2 aliphatic rings. The van der Waals surface area contributed by atoms with E-state index in [1.165, 1.54) is 30.4 Å². The molecular weight excluding hydrogens is 296 g/mol. The predicted octanol–water partition coefficient (Wildman–Crippen LogP) is 4.21. The van der Waals surface area contributed by atoms with Crippen LogP contribution in [0.15, 0.2) is 65.7 Å². The lowest BCUT2D eigenvalue weighted by molar-refractivity contribution is 0.0236. The van der Waals surface area contributed by atoms with Gasteiger partial charge in [-0.3, -0.25) is 4.99 Å². The molecule has 0 radical (unpaired) electrons. The fourth-order valence-corrected chi connectivity index (χ4v) is 3.55. The van der Waals surface area contributed by atoms with Crippen LogP contribution in [-0.4, -0.2) is 18.5 Å². The summed E-state index contributed by atoms with van der Waals surface area (Å²) in [5, 5.41) is 3.66. The van der Waals surface area contributed by atoms with Crippen molar-refractivity contribution in [2.45, 2.75) is 43.9 Å². The van der Waals surface area contributed by atoms with Crippen molar-refractivity contribution in [2.75, 3.05) is 6.61 Å². The van der Waals surface area contributed by atoms with Gasteiger partial charge < -0.3 is 10.1 Å². The van der Waals surface area contributed by atoms with Crippen molar-refractivity contribution < 1.29 is 4.74 Å². The van der Waals surface area contributed by atoms with Crippen LogP contribution in [-0.2, 0) is 10.3 Å². The van der Waals surface area contributed by atoms with E-state index in [0.29, 0.717) is 12.7 Å². The number of rotatable bonds is 5. The fourth-order valence-electron chi connectivity index (χ4n) is 3.55. The molecular formula is C21H24N2O. The first-order valence-electron chi connectivity index (χ1n) is 8.82. The summed E-state index contributed by atoms with van der Waals surface area (Å²) in [5.74, 6) is 0.960. The van der Waals surface area contributed by atoms with Crippen LogP contribution < -0.4 is 5.32 Å². The number of hydrogen-bond acceptors (Lipinski definition) is 3. The number of ether oxygens (including phenoxy) is 1.